The number of fused-ring (bicyclic) bond motifs is 2. The smallest absolute Gasteiger partial charge is 0.123 e. The number of hydrogen-bond donors (Lipinski definition) is 0. The molecule has 0 amide bonds. The molecule has 2 aliphatic rings. The van der Waals surface area contributed by atoms with Crippen LogP contribution < -0.4 is 4.74 Å². The first-order valence-electron chi connectivity index (χ1n) is 9.62. The molecule has 1 aromatic carbocycles. The second kappa shape index (κ2) is 8.50. The molecular weight excluding hydrogens is 320 g/mol. The summed E-state index contributed by atoms with van der Waals surface area (Å²) >= 11 is 0. The fourth-order valence-electron chi connectivity index (χ4n) is 3.35. The largest absolute Gasteiger partial charge is 0.492 e. The van der Waals surface area contributed by atoms with Crippen molar-refractivity contribution in [3.8, 4) is 5.75 Å². The van der Waals surface area contributed by atoms with Gasteiger partial charge in [-0.3, -0.25) is 9.88 Å². The van der Waals surface area contributed by atoms with Gasteiger partial charge in [0.2, 0.25) is 0 Å². The van der Waals surface area contributed by atoms with E-state index in [-0.39, 0.29) is 0 Å². The highest BCUT2D eigenvalue weighted by Crippen LogP contribution is 2.28. The summed E-state index contributed by atoms with van der Waals surface area (Å²) in [6.45, 7) is 11.8. The predicted octanol–water partition coefficient (Wildman–Crippen LogP) is 4.97. The normalized spacial score (nSPS) is 16.2. The monoisotopic (exact) mass is 350 g/mol. The van der Waals surface area contributed by atoms with Crippen LogP contribution in [0.5, 0.6) is 5.75 Å². The summed E-state index contributed by atoms with van der Waals surface area (Å²) in [5, 5.41) is 0. The summed E-state index contributed by atoms with van der Waals surface area (Å²) in [4.78, 5) is 6.54. The van der Waals surface area contributed by atoms with Crippen molar-refractivity contribution < 1.29 is 4.74 Å². The lowest BCUT2D eigenvalue weighted by molar-refractivity contribution is 0.189. The van der Waals surface area contributed by atoms with Crippen molar-refractivity contribution in [2.45, 2.75) is 46.7 Å². The van der Waals surface area contributed by atoms with Crippen molar-refractivity contribution in [1.82, 2.24) is 9.88 Å². The van der Waals surface area contributed by atoms with Crippen molar-refractivity contribution in [1.29, 1.82) is 0 Å². The minimum Gasteiger partial charge on any atom is -0.492 e. The van der Waals surface area contributed by atoms with Crippen molar-refractivity contribution in [2.24, 2.45) is 5.92 Å². The van der Waals surface area contributed by atoms with Gasteiger partial charge in [0, 0.05) is 37.1 Å². The third-order valence-corrected chi connectivity index (χ3v) is 5.14. The first-order valence-corrected chi connectivity index (χ1v) is 9.62. The van der Waals surface area contributed by atoms with Gasteiger partial charge in [0.1, 0.15) is 12.4 Å². The average molecular weight is 351 g/mol. The van der Waals surface area contributed by atoms with Crippen LogP contribution in [0, 0.1) is 5.92 Å². The average Bonchev–Trinajstić information content (AvgIpc) is 2.95. The highest BCUT2D eigenvalue weighted by molar-refractivity contribution is 5.62. The van der Waals surface area contributed by atoms with Gasteiger partial charge in [0.15, 0.2) is 0 Å². The fourth-order valence-corrected chi connectivity index (χ4v) is 3.35. The van der Waals surface area contributed by atoms with Gasteiger partial charge in [-0.05, 0) is 49.4 Å². The van der Waals surface area contributed by atoms with Crippen LogP contribution in [0.3, 0.4) is 0 Å². The minimum absolute atomic E-state index is 0.588. The summed E-state index contributed by atoms with van der Waals surface area (Å²) in [6.07, 6.45) is 7.21. The van der Waals surface area contributed by atoms with Crippen LogP contribution in [0.15, 0.2) is 48.3 Å². The molecule has 0 atom stereocenters. The van der Waals surface area contributed by atoms with Crippen LogP contribution in [-0.4, -0.2) is 29.1 Å². The molecule has 2 heterocycles. The van der Waals surface area contributed by atoms with E-state index in [4.69, 9.17) is 4.74 Å². The molecule has 0 saturated heterocycles. The Hall–Kier alpha value is -2.13. The van der Waals surface area contributed by atoms with E-state index in [1.165, 1.54) is 22.3 Å². The Morgan fingerprint density at radius 2 is 1.85 bits per heavy atom. The maximum Gasteiger partial charge on any atom is 0.123 e. The molecule has 0 unspecified atom stereocenters. The van der Waals surface area contributed by atoms with Gasteiger partial charge in [0.25, 0.3) is 0 Å². The number of benzene rings is 1. The molecule has 3 heteroatoms. The number of rotatable bonds is 2. The van der Waals surface area contributed by atoms with Crippen LogP contribution in [0.4, 0.5) is 0 Å². The van der Waals surface area contributed by atoms with Gasteiger partial charge in [-0.2, -0.15) is 0 Å². The molecule has 1 aromatic heterocycles. The molecule has 0 fully saturated rings. The second-order valence-electron chi connectivity index (χ2n) is 7.65. The summed E-state index contributed by atoms with van der Waals surface area (Å²) < 4.78 is 5.69. The lowest BCUT2D eigenvalue weighted by Crippen LogP contribution is -2.32. The molecule has 4 rings (SSSR count). The summed E-state index contributed by atoms with van der Waals surface area (Å²) in [5.74, 6) is 1.72. The number of allylic oxidation sites excluding steroid dienone is 1. The Morgan fingerprint density at radius 3 is 2.58 bits per heavy atom. The van der Waals surface area contributed by atoms with E-state index >= 15 is 0 Å². The zero-order chi connectivity index (χ0) is 18.5. The van der Waals surface area contributed by atoms with Crippen molar-refractivity contribution in [3.05, 3.63) is 65.0 Å². The van der Waals surface area contributed by atoms with E-state index in [2.05, 4.69) is 67.9 Å². The Balaban J connectivity index is 0.000000152. The Bertz CT molecular complexity index is 764. The second-order valence-corrected chi connectivity index (χ2v) is 7.65. The van der Waals surface area contributed by atoms with E-state index < -0.39 is 0 Å². The van der Waals surface area contributed by atoms with Gasteiger partial charge in [-0.15, -0.1) is 0 Å². The zero-order valence-corrected chi connectivity index (χ0v) is 16.4. The molecule has 1 aliphatic heterocycles. The number of hydrogen-bond acceptors (Lipinski definition) is 3. The first-order chi connectivity index (χ1) is 12.5. The lowest BCUT2D eigenvalue weighted by atomic mass is 10.0. The number of ether oxygens (including phenoxy) is 1. The van der Waals surface area contributed by atoms with Crippen molar-refractivity contribution >= 4 is 6.08 Å². The van der Waals surface area contributed by atoms with Gasteiger partial charge in [-0.1, -0.05) is 43.7 Å². The summed E-state index contributed by atoms with van der Waals surface area (Å²) in [5.41, 5.74) is 5.56. The Labute approximate surface area is 157 Å². The lowest BCUT2D eigenvalue weighted by Gasteiger charge is -2.23. The van der Waals surface area contributed by atoms with Gasteiger partial charge in [0.05, 0.1) is 0 Å². The van der Waals surface area contributed by atoms with Crippen molar-refractivity contribution in [2.75, 3.05) is 13.2 Å². The van der Waals surface area contributed by atoms with E-state index in [1.807, 2.05) is 18.5 Å². The van der Waals surface area contributed by atoms with E-state index in [0.717, 1.165) is 31.9 Å². The van der Waals surface area contributed by atoms with Crippen LogP contribution >= 0.6 is 0 Å². The molecule has 26 heavy (non-hydrogen) atoms. The molecule has 0 bridgehead atoms. The molecule has 0 radical (unpaired) electrons. The van der Waals surface area contributed by atoms with E-state index in [1.54, 1.807) is 0 Å². The molecule has 0 saturated carbocycles. The highest BCUT2D eigenvalue weighted by Gasteiger charge is 2.16. The number of para-hydroxylation sites is 1. The molecule has 138 valence electrons. The Morgan fingerprint density at radius 1 is 1.04 bits per heavy atom. The van der Waals surface area contributed by atoms with Crippen molar-refractivity contribution in [3.63, 3.8) is 0 Å². The van der Waals surface area contributed by atoms with Gasteiger partial charge >= 0.3 is 0 Å². The molecule has 3 nitrogen and oxygen atoms in total. The van der Waals surface area contributed by atoms with E-state index in [0.29, 0.717) is 12.0 Å². The summed E-state index contributed by atoms with van der Waals surface area (Å²) in [6, 6.07) is 11.0. The summed E-state index contributed by atoms with van der Waals surface area (Å²) in [7, 11) is 0. The number of pyridine rings is 1. The standard InChI is InChI=1S/C12H17NO.C11H13N/c1-10(2)13-7-8-14-12-6-4-3-5-11(12)9-13;1-8(2)10-5-9-3-4-12-7-11(9)6-10/h3-6,10H,7-9H2,1-2H3;3-4,6-8H,5H2,1-2H3. The molecule has 1 aliphatic carbocycles. The number of aromatic nitrogens is 1. The number of nitrogens with zero attached hydrogens (tertiary/aromatic N) is 2. The topological polar surface area (TPSA) is 25.4 Å². The van der Waals surface area contributed by atoms with Gasteiger partial charge < -0.3 is 4.74 Å². The maximum atomic E-state index is 5.69. The molecular formula is C23H30N2O. The fraction of sp³-hybridized carbons (Fsp3) is 0.435. The van der Waals surface area contributed by atoms with Crippen LogP contribution in [0.2, 0.25) is 0 Å². The molecule has 2 aromatic rings. The van der Waals surface area contributed by atoms with Crippen LogP contribution in [0.1, 0.15) is 44.4 Å². The zero-order valence-electron chi connectivity index (χ0n) is 16.4. The predicted molar refractivity (Wildman–Crippen MR) is 108 cm³/mol. The Kier molecular flexibility index (Phi) is 6.10. The van der Waals surface area contributed by atoms with Crippen LogP contribution in [-0.2, 0) is 13.0 Å². The third-order valence-electron chi connectivity index (χ3n) is 5.14. The molecule has 0 spiro atoms. The quantitative estimate of drug-likeness (QED) is 0.765. The van der Waals surface area contributed by atoms with Gasteiger partial charge in [-0.25, -0.2) is 0 Å². The SMILES string of the molecule is CC(C)C1=Cc2cnccc2C1.CC(C)N1CCOc2ccccc2C1. The highest BCUT2D eigenvalue weighted by atomic mass is 16.5. The van der Waals surface area contributed by atoms with Crippen LogP contribution in [0.25, 0.3) is 6.08 Å². The maximum absolute atomic E-state index is 5.69. The minimum atomic E-state index is 0.588. The third kappa shape index (κ3) is 4.53. The van der Waals surface area contributed by atoms with E-state index in [9.17, 15) is 0 Å². The molecule has 0 N–H and O–H groups in total. The first kappa shape index (κ1) is 18.7.